The third-order valence-electron chi connectivity index (χ3n) is 4.69. The molecule has 1 amide bonds. The van der Waals surface area contributed by atoms with E-state index in [0.29, 0.717) is 5.75 Å². The van der Waals surface area contributed by atoms with Crippen molar-refractivity contribution < 1.29 is 31.5 Å². The summed E-state index contributed by atoms with van der Waals surface area (Å²) in [5.41, 5.74) is 1.01. The maximum absolute atomic E-state index is 14.0. The number of rotatable bonds is 4. The molecule has 0 spiro atoms. The molecule has 0 bridgehead atoms. The first kappa shape index (κ1) is 20.9. The van der Waals surface area contributed by atoms with Crippen LogP contribution in [0.5, 0.6) is 5.75 Å². The van der Waals surface area contributed by atoms with Gasteiger partial charge in [-0.05, 0) is 37.1 Å². The monoisotopic (exact) mass is 414 g/mol. The number of anilines is 1. The van der Waals surface area contributed by atoms with Crippen LogP contribution >= 0.6 is 0 Å². The first-order valence-electron chi connectivity index (χ1n) is 8.94. The van der Waals surface area contributed by atoms with Gasteiger partial charge in [0, 0.05) is 26.2 Å². The minimum atomic E-state index is -2.19. The van der Waals surface area contributed by atoms with Crippen molar-refractivity contribution in [3.63, 3.8) is 0 Å². The van der Waals surface area contributed by atoms with Gasteiger partial charge in [-0.25, -0.2) is 22.0 Å². The van der Waals surface area contributed by atoms with Gasteiger partial charge in [0.2, 0.25) is 5.82 Å². The van der Waals surface area contributed by atoms with Crippen LogP contribution in [0, 0.1) is 42.9 Å². The Morgan fingerprint density at radius 2 is 1.31 bits per heavy atom. The van der Waals surface area contributed by atoms with Crippen LogP contribution in [0.15, 0.2) is 18.2 Å². The maximum atomic E-state index is 14.0. The molecule has 2 aromatic rings. The average molecular weight is 414 g/mol. The Labute approximate surface area is 164 Å². The Hall–Kier alpha value is -2.84. The Morgan fingerprint density at radius 3 is 1.83 bits per heavy atom. The maximum Gasteiger partial charge on any atom is 0.260 e. The smallest absolute Gasteiger partial charge is 0.260 e. The summed E-state index contributed by atoms with van der Waals surface area (Å²) in [5.74, 6) is -9.70. The van der Waals surface area contributed by atoms with Crippen LogP contribution in [0.25, 0.3) is 0 Å². The molecule has 0 saturated carbocycles. The quantitative estimate of drug-likeness (QED) is 0.434. The van der Waals surface area contributed by atoms with Crippen molar-refractivity contribution in [2.75, 3.05) is 37.7 Å². The van der Waals surface area contributed by atoms with Crippen LogP contribution in [0.2, 0.25) is 0 Å². The van der Waals surface area contributed by atoms with Crippen LogP contribution in [0.1, 0.15) is 11.1 Å². The van der Waals surface area contributed by atoms with E-state index in [2.05, 4.69) is 0 Å². The van der Waals surface area contributed by atoms with E-state index in [-0.39, 0.29) is 38.7 Å². The minimum Gasteiger partial charge on any atom is -0.484 e. The van der Waals surface area contributed by atoms with Crippen molar-refractivity contribution in [3.8, 4) is 5.75 Å². The fourth-order valence-electron chi connectivity index (χ4n) is 3.30. The second-order valence-electron chi connectivity index (χ2n) is 6.90. The van der Waals surface area contributed by atoms with Crippen LogP contribution in [0.4, 0.5) is 27.6 Å². The van der Waals surface area contributed by atoms with Crippen molar-refractivity contribution in [1.29, 1.82) is 0 Å². The molecule has 0 N–H and O–H groups in total. The lowest BCUT2D eigenvalue weighted by atomic mass is 10.1. The number of halogens is 5. The number of benzene rings is 2. The van der Waals surface area contributed by atoms with E-state index in [1.165, 1.54) is 4.90 Å². The van der Waals surface area contributed by atoms with Crippen LogP contribution in [-0.2, 0) is 4.79 Å². The number of hydrogen-bond donors (Lipinski definition) is 0. The molecule has 4 nitrogen and oxygen atoms in total. The second kappa shape index (κ2) is 8.26. The molecule has 2 aromatic carbocycles. The third-order valence-corrected chi connectivity index (χ3v) is 4.69. The van der Waals surface area contributed by atoms with Crippen molar-refractivity contribution in [2.24, 2.45) is 0 Å². The summed E-state index contributed by atoms with van der Waals surface area (Å²) >= 11 is 0. The molecular weight excluding hydrogens is 395 g/mol. The highest BCUT2D eigenvalue weighted by atomic mass is 19.2. The Bertz CT molecular complexity index is 894. The van der Waals surface area contributed by atoms with Crippen LogP contribution < -0.4 is 9.64 Å². The first-order valence-corrected chi connectivity index (χ1v) is 8.94. The van der Waals surface area contributed by atoms with E-state index >= 15 is 0 Å². The molecule has 156 valence electrons. The van der Waals surface area contributed by atoms with Crippen LogP contribution in [-0.4, -0.2) is 43.6 Å². The van der Waals surface area contributed by atoms with Gasteiger partial charge in [-0.15, -0.1) is 0 Å². The third kappa shape index (κ3) is 4.28. The lowest BCUT2D eigenvalue weighted by Gasteiger charge is -2.36. The number of nitrogens with zero attached hydrogens (tertiary/aromatic N) is 2. The zero-order valence-corrected chi connectivity index (χ0v) is 15.9. The lowest BCUT2D eigenvalue weighted by Crippen LogP contribution is -2.50. The zero-order chi connectivity index (χ0) is 21.3. The van der Waals surface area contributed by atoms with E-state index in [9.17, 15) is 26.7 Å². The predicted molar refractivity (Wildman–Crippen MR) is 96.4 cm³/mol. The van der Waals surface area contributed by atoms with Gasteiger partial charge in [0.25, 0.3) is 5.91 Å². The number of hydrogen-bond acceptors (Lipinski definition) is 3. The number of ether oxygens (including phenoxy) is 1. The van der Waals surface area contributed by atoms with E-state index in [1.807, 2.05) is 19.9 Å². The molecule has 0 radical (unpaired) electrons. The molecule has 29 heavy (non-hydrogen) atoms. The van der Waals surface area contributed by atoms with Gasteiger partial charge in [0.05, 0.1) is 0 Å². The van der Waals surface area contributed by atoms with Crippen molar-refractivity contribution >= 4 is 11.6 Å². The lowest BCUT2D eigenvalue weighted by molar-refractivity contribution is -0.133. The molecule has 1 heterocycles. The molecule has 1 saturated heterocycles. The molecule has 0 atom stereocenters. The fraction of sp³-hybridized carbons (Fsp3) is 0.350. The highest BCUT2D eigenvalue weighted by Gasteiger charge is 2.31. The van der Waals surface area contributed by atoms with Gasteiger partial charge in [-0.3, -0.25) is 4.79 Å². The molecule has 0 aliphatic carbocycles. The summed E-state index contributed by atoms with van der Waals surface area (Å²) < 4.78 is 73.4. The van der Waals surface area contributed by atoms with Gasteiger partial charge in [0.1, 0.15) is 11.4 Å². The van der Waals surface area contributed by atoms with Gasteiger partial charge in [0.15, 0.2) is 29.9 Å². The summed E-state index contributed by atoms with van der Waals surface area (Å²) in [6, 6.07) is 5.55. The molecule has 1 aliphatic rings. The van der Waals surface area contributed by atoms with E-state index in [1.54, 1.807) is 12.1 Å². The first-order chi connectivity index (χ1) is 13.7. The normalized spacial score (nSPS) is 14.3. The number of piperazine rings is 1. The summed E-state index contributed by atoms with van der Waals surface area (Å²) in [5, 5.41) is 0. The zero-order valence-electron chi connectivity index (χ0n) is 15.9. The molecule has 0 aromatic heterocycles. The van der Waals surface area contributed by atoms with Gasteiger partial charge < -0.3 is 14.5 Å². The van der Waals surface area contributed by atoms with Gasteiger partial charge in [-0.2, -0.15) is 0 Å². The minimum absolute atomic E-state index is 0.0640. The van der Waals surface area contributed by atoms with Crippen LogP contribution in [0.3, 0.4) is 0 Å². The largest absolute Gasteiger partial charge is 0.484 e. The standard InChI is InChI=1S/C20H19F5N2O2/c1-11-7-12(2)9-13(8-11)29-10-14(28)26-3-5-27(6-4-26)20-18(24)16(22)15(21)17(23)19(20)25/h7-9H,3-6,10H2,1-2H3. The fourth-order valence-corrected chi connectivity index (χ4v) is 3.30. The summed E-state index contributed by atoms with van der Waals surface area (Å²) in [6.45, 7) is 3.57. The van der Waals surface area contributed by atoms with Crippen molar-refractivity contribution in [3.05, 3.63) is 58.4 Å². The topological polar surface area (TPSA) is 32.8 Å². The summed E-state index contributed by atoms with van der Waals surface area (Å²) in [7, 11) is 0. The summed E-state index contributed by atoms with van der Waals surface area (Å²) in [4.78, 5) is 14.8. The predicted octanol–water partition coefficient (Wildman–Crippen LogP) is 3.73. The molecule has 1 aliphatic heterocycles. The molecular formula is C20H19F5N2O2. The molecule has 9 heteroatoms. The Balaban J connectivity index is 1.63. The molecule has 3 rings (SSSR count). The SMILES string of the molecule is Cc1cc(C)cc(OCC(=O)N2CCN(c3c(F)c(F)c(F)c(F)c3F)CC2)c1. The van der Waals surface area contributed by atoms with Crippen molar-refractivity contribution in [1.82, 2.24) is 4.90 Å². The highest BCUT2D eigenvalue weighted by Crippen LogP contribution is 2.30. The second-order valence-corrected chi connectivity index (χ2v) is 6.90. The Kier molecular flexibility index (Phi) is 5.95. The molecule has 1 fully saturated rings. The number of carbonyl (C=O) groups is 1. The number of aryl methyl sites for hydroxylation is 2. The summed E-state index contributed by atoms with van der Waals surface area (Å²) in [6.07, 6.45) is 0. The van der Waals surface area contributed by atoms with E-state index < -0.39 is 34.8 Å². The van der Waals surface area contributed by atoms with Gasteiger partial charge >= 0.3 is 0 Å². The van der Waals surface area contributed by atoms with Crippen molar-refractivity contribution in [2.45, 2.75) is 13.8 Å². The number of carbonyl (C=O) groups excluding carboxylic acids is 1. The average Bonchev–Trinajstić information content (AvgIpc) is 2.69. The van der Waals surface area contributed by atoms with E-state index in [4.69, 9.17) is 4.74 Å². The Morgan fingerprint density at radius 1 is 0.828 bits per heavy atom. The van der Waals surface area contributed by atoms with Gasteiger partial charge in [-0.1, -0.05) is 6.07 Å². The highest BCUT2D eigenvalue weighted by molar-refractivity contribution is 5.78. The van der Waals surface area contributed by atoms with E-state index in [0.717, 1.165) is 16.0 Å². The molecule has 0 unspecified atom stereocenters. The number of amides is 1.